The lowest BCUT2D eigenvalue weighted by Gasteiger charge is -2.56. The molecule has 1 N–H and O–H groups in total. The summed E-state index contributed by atoms with van der Waals surface area (Å²) in [4.78, 5) is 75.7. The third kappa shape index (κ3) is 5.17. The highest BCUT2D eigenvalue weighted by molar-refractivity contribution is 5.89. The van der Waals surface area contributed by atoms with E-state index in [9.17, 15) is 33.9 Å². The molecule has 0 bridgehead atoms. The molecule has 2 heterocycles. The van der Waals surface area contributed by atoms with Crippen LogP contribution in [-0.4, -0.2) is 94.3 Å². The zero-order valence-corrected chi connectivity index (χ0v) is 26.0. The van der Waals surface area contributed by atoms with E-state index in [1.807, 2.05) is 0 Å². The first-order valence-electron chi connectivity index (χ1n) is 14.1. The van der Waals surface area contributed by atoms with Crippen LogP contribution in [-0.2, 0) is 61.9 Å². The third-order valence-electron chi connectivity index (χ3n) is 8.90. The van der Waals surface area contributed by atoms with Gasteiger partial charge in [-0.1, -0.05) is 13.0 Å². The fraction of sp³-hybridized carbons (Fsp3) is 0.667. The average Bonchev–Trinajstić information content (AvgIpc) is 3.46. The highest BCUT2D eigenvalue weighted by Gasteiger charge is 2.88. The number of epoxide rings is 1. The molecule has 44 heavy (non-hydrogen) atoms. The van der Waals surface area contributed by atoms with E-state index >= 15 is 0 Å². The van der Waals surface area contributed by atoms with E-state index in [1.165, 1.54) is 39.0 Å². The van der Waals surface area contributed by atoms with Crippen molar-refractivity contribution in [2.24, 2.45) is 11.3 Å². The van der Waals surface area contributed by atoms with Crippen LogP contribution in [0.3, 0.4) is 0 Å². The molecule has 0 unspecified atom stereocenters. The fourth-order valence-corrected chi connectivity index (χ4v) is 7.16. The molecule has 14 heteroatoms. The molecule has 4 rings (SSSR count). The summed E-state index contributed by atoms with van der Waals surface area (Å²) >= 11 is 0. The van der Waals surface area contributed by atoms with Crippen LogP contribution in [0.5, 0.6) is 0 Å². The summed E-state index contributed by atoms with van der Waals surface area (Å²) in [6, 6.07) is 0. The Morgan fingerprint density at radius 2 is 1.32 bits per heavy atom. The van der Waals surface area contributed by atoms with Crippen LogP contribution in [0.2, 0.25) is 0 Å². The number of carbonyl (C=O) groups excluding carboxylic acids is 6. The number of hydrogen-bond donors (Lipinski definition) is 1. The molecule has 242 valence electrons. The highest BCUT2D eigenvalue weighted by atomic mass is 16.7. The Morgan fingerprint density at radius 3 is 1.82 bits per heavy atom. The van der Waals surface area contributed by atoms with Gasteiger partial charge in [-0.15, -0.1) is 0 Å². The molecule has 14 nitrogen and oxygen atoms in total. The second kappa shape index (κ2) is 11.0. The number of esters is 6. The van der Waals surface area contributed by atoms with Gasteiger partial charge in [-0.05, 0) is 38.5 Å². The van der Waals surface area contributed by atoms with E-state index < -0.39 is 101 Å². The van der Waals surface area contributed by atoms with Gasteiger partial charge in [0.05, 0.1) is 0 Å². The van der Waals surface area contributed by atoms with Gasteiger partial charge >= 0.3 is 35.8 Å². The topological polar surface area (TPSA) is 191 Å². The van der Waals surface area contributed by atoms with Crippen molar-refractivity contribution in [3.05, 3.63) is 23.8 Å². The molecule has 0 aromatic heterocycles. The molecule has 2 saturated heterocycles. The third-order valence-corrected chi connectivity index (χ3v) is 8.90. The summed E-state index contributed by atoms with van der Waals surface area (Å²) in [7, 11) is 0. The zero-order valence-electron chi connectivity index (χ0n) is 26.0. The molecule has 0 aromatic carbocycles. The Balaban J connectivity index is 2.14. The monoisotopic (exact) mass is 622 g/mol. The number of hydrogen-bond acceptors (Lipinski definition) is 14. The number of carbonyl (C=O) groups is 6. The molecule has 0 amide bonds. The predicted octanol–water partition coefficient (Wildman–Crippen LogP) is 1.00. The van der Waals surface area contributed by atoms with Crippen LogP contribution < -0.4 is 0 Å². The van der Waals surface area contributed by atoms with Gasteiger partial charge in [0, 0.05) is 46.0 Å². The molecule has 11 atom stereocenters. The second-order valence-electron chi connectivity index (χ2n) is 12.3. The van der Waals surface area contributed by atoms with Gasteiger partial charge in [-0.2, -0.15) is 0 Å². The Hall–Kier alpha value is -3.78. The first-order chi connectivity index (χ1) is 20.2. The van der Waals surface area contributed by atoms with Gasteiger partial charge in [0.2, 0.25) is 0 Å². The van der Waals surface area contributed by atoms with E-state index in [1.54, 1.807) is 6.92 Å². The fourth-order valence-electron chi connectivity index (χ4n) is 7.16. The van der Waals surface area contributed by atoms with E-state index in [0.717, 1.165) is 34.6 Å². The quantitative estimate of drug-likeness (QED) is 0.198. The van der Waals surface area contributed by atoms with Gasteiger partial charge < -0.3 is 38.3 Å². The summed E-state index contributed by atoms with van der Waals surface area (Å²) in [5.74, 6) is -6.17. The largest absolute Gasteiger partial charge is 0.459 e. The molecule has 2 fully saturated rings. The standard InChI is InChI=1S/C30H38O14/c1-13-12-20-30(29(9,44-30)26(36)43-20)25(42-18(6)35)23-27(7,11-10-19(28(23,8)37)38-14(2)31)24(41-17(5)34)22(40-16(4)33)21(13)39-15(3)32/h10-12,19-25,37H,1-9H3/b13-12-/t19-,20+,21+,22-,23-,24+,25-,27+,28-,29+,30+/m1/s1. The van der Waals surface area contributed by atoms with Gasteiger partial charge in [-0.25, -0.2) is 4.79 Å². The van der Waals surface area contributed by atoms with Crippen molar-refractivity contribution in [2.45, 2.75) is 116 Å². The Morgan fingerprint density at radius 1 is 0.795 bits per heavy atom. The highest BCUT2D eigenvalue weighted by Crippen LogP contribution is 2.65. The minimum atomic E-state index is -2.12. The van der Waals surface area contributed by atoms with Gasteiger partial charge in [0.25, 0.3) is 0 Å². The molecule has 1 spiro atoms. The minimum Gasteiger partial charge on any atom is -0.459 e. The molecular formula is C30H38O14. The molecule has 2 aliphatic heterocycles. The van der Waals surface area contributed by atoms with Crippen molar-refractivity contribution in [3.8, 4) is 0 Å². The Kier molecular flexibility index (Phi) is 8.27. The Labute approximate surface area is 253 Å². The van der Waals surface area contributed by atoms with Crippen molar-refractivity contribution in [2.75, 3.05) is 0 Å². The van der Waals surface area contributed by atoms with Crippen molar-refractivity contribution in [3.63, 3.8) is 0 Å². The molecule has 2 aliphatic carbocycles. The summed E-state index contributed by atoms with van der Waals surface area (Å²) in [5, 5.41) is 12.3. The molecule has 0 saturated carbocycles. The lowest BCUT2D eigenvalue weighted by atomic mass is 9.55. The summed E-state index contributed by atoms with van der Waals surface area (Å²) < 4.78 is 40.4. The van der Waals surface area contributed by atoms with Crippen LogP contribution >= 0.6 is 0 Å². The van der Waals surface area contributed by atoms with Crippen LogP contribution in [0, 0.1) is 11.3 Å². The van der Waals surface area contributed by atoms with Crippen molar-refractivity contribution >= 4 is 35.8 Å². The normalized spacial score (nSPS) is 43.4. The molecular weight excluding hydrogens is 584 g/mol. The summed E-state index contributed by atoms with van der Waals surface area (Å²) in [6.07, 6.45) is -4.30. The van der Waals surface area contributed by atoms with Crippen molar-refractivity contribution in [1.29, 1.82) is 0 Å². The number of rotatable bonds is 5. The number of fused-ring (bicyclic) bond motifs is 1. The first-order valence-corrected chi connectivity index (χ1v) is 14.1. The maximum absolute atomic E-state index is 13.2. The SMILES string of the molecule is CC(=O)O[C@@H]1[C@@H](OC(C)=O)/C(C)=C\[C@@H]2OC(=O)[C@]3(C)O[C@]23[C@H](OC(C)=O)[C@H]2[C@](C)(O)[C@H](OC(C)=O)C=C[C@]2(C)[C@H]1OC(C)=O. The summed E-state index contributed by atoms with van der Waals surface area (Å²) in [5.41, 5.74) is -6.96. The zero-order chi connectivity index (χ0) is 33.2. The second-order valence-corrected chi connectivity index (χ2v) is 12.3. The van der Waals surface area contributed by atoms with Gasteiger partial charge in [-0.3, -0.25) is 24.0 Å². The van der Waals surface area contributed by atoms with Crippen LogP contribution in [0.4, 0.5) is 0 Å². The minimum absolute atomic E-state index is 0.230. The predicted molar refractivity (Wildman–Crippen MR) is 145 cm³/mol. The van der Waals surface area contributed by atoms with Gasteiger partial charge in [0.1, 0.15) is 17.8 Å². The van der Waals surface area contributed by atoms with Crippen molar-refractivity contribution in [1.82, 2.24) is 0 Å². The lowest BCUT2D eigenvalue weighted by molar-refractivity contribution is -0.233. The van der Waals surface area contributed by atoms with Crippen LogP contribution in [0.15, 0.2) is 23.8 Å². The Bertz CT molecular complexity index is 1350. The summed E-state index contributed by atoms with van der Waals surface area (Å²) in [6.45, 7) is 11.5. The molecule has 0 aromatic rings. The van der Waals surface area contributed by atoms with Crippen LogP contribution in [0.25, 0.3) is 0 Å². The van der Waals surface area contributed by atoms with Crippen molar-refractivity contribution < 1.29 is 67.0 Å². The lowest BCUT2D eigenvalue weighted by Crippen LogP contribution is -2.69. The number of aliphatic hydroxyl groups is 1. The van der Waals surface area contributed by atoms with Crippen LogP contribution in [0.1, 0.15) is 62.3 Å². The average molecular weight is 623 g/mol. The van der Waals surface area contributed by atoms with E-state index in [4.69, 9.17) is 33.2 Å². The van der Waals surface area contributed by atoms with E-state index in [-0.39, 0.29) is 5.57 Å². The smallest absolute Gasteiger partial charge is 0.342 e. The molecule has 4 aliphatic rings. The first kappa shape index (κ1) is 33.1. The molecule has 0 radical (unpaired) electrons. The van der Waals surface area contributed by atoms with Gasteiger partial charge in [0.15, 0.2) is 35.6 Å². The van der Waals surface area contributed by atoms with E-state index in [0.29, 0.717) is 0 Å². The maximum Gasteiger partial charge on any atom is 0.342 e. The number of ether oxygens (including phenoxy) is 7. The van der Waals surface area contributed by atoms with E-state index in [2.05, 4.69) is 0 Å². The maximum atomic E-state index is 13.2.